The van der Waals surface area contributed by atoms with Gasteiger partial charge in [-0.25, -0.2) is 0 Å². The lowest BCUT2D eigenvalue weighted by Gasteiger charge is -2.28. The summed E-state index contributed by atoms with van der Waals surface area (Å²) in [6.07, 6.45) is 8.69. The van der Waals surface area contributed by atoms with Crippen molar-refractivity contribution in [2.24, 2.45) is 5.92 Å². The van der Waals surface area contributed by atoms with Gasteiger partial charge in [-0.2, -0.15) is 0 Å². The average Bonchev–Trinajstić information content (AvgIpc) is 2.85. The highest BCUT2D eigenvalue weighted by Gasteiger charge is 2.26. The van der Waals surface area contributed by atoms with E-state index in [0.717, 1.165) is 12.4 Å². The molecule has 2 aliphatic rings. The first-order valence-electron chi connectivity index (χ1n) is 7.30. The number of nitrogens with zero attached hydrogens (tertiary/aromatic N) is 1. The van der Waals surface area contributed by atoms with Crippen molar-refractivity contribution in [1.29, 1.82) is 5.41 Å². The van der Waals surface area contributed by atoms with E-state index in [4.69, 9.17) is 5.41 Å². The molecule has 1 heterocycles. The minimum Gasteiger partial charge on any atom is -0.330 e. The summed E-state index contributed by atoms with van der Waals surface area (Å²) in [4.78, 5) is 2.29. The molecule has 0 radical (unpaired) electrons. The van der Waals surface area contributed by atoms with Crippen LogP contribution in [-0.2, 0) is 6.42 Å². The van der Waals surface area contributed by atoms with Gasteiger partial charge in [0.2, 0.25) is 0 Å². The van der Waals surface area contributed by atoms with Gasteiger partial charge in [0.1, 0.15) is 5.84 Å². The van der Waals surface area contributed by atoms with E-state index in [-0.39, 0.29) is 0 Å². The summed E-state index contributed by atoms with van der Waals surface area (Å²) in [5.41, 5.74) is 2.73. The number of para-hydroxylation sites is 1. The van der Waals surface area contributed by atoms with E-state index in [9.17, 15) is 0 Å². The van der Waals surface area contributed by atoms with Gasteiger partial charge in [0.25, 0.3) is 0 Å². The van der Waals surface area contributed by atoms with E-state index < -0.39 is 0 Å². The lowest BCUT2D eigenvalue weighted by atomic mass is 10.0. The first-order valence-corrected chi connectivity index (χ1v) is 7.30. The van der Waals surface area contributed by atoms with Crippen LogP contribution in [0.4, 0.5) is 5.69 Å². The maximum atomic E-state index is 8.53. The van der Waals surface area contributed by atoms with E-state index in [0.29, 0.717) is 5.92 Å². The summed E-state index contributed by atoms with van der Waals surface area (Å²) in [6.45, 7) is 1.03. The fourth-order valence-electron chi connectivity index (χ4n) is 3.36. The van der Waals surface area contributed by atoms with Crippen LogP contribution in [0.15, 0.2) is 24.3 Å². The fourth-order valence-corrected chi connectivity index (χ4v) is 3.36. The molecule has 18 heavy (non-hydrogen) atoms. The largest absolute Gasteiger partial charge is 0.330 e. The number of nitrogens with one attached hydrogen (secondary N) is 1. The predicted octanol–water partition coefficient (Wildman–Crippen LogP) is 4.00. The monoisotopic (exact) mass is 242 g/mol. The smallest absolute Gasteiger partial charge is 0.103 e. The zero-order valence-corrected chi connectivity index (χ0v) is 11.0. The molecular weight excluding hydrogens is 220 g/mol. The third kappa shape index (κ3) is 2.16. The molecule has 2 heteroatoms. The van der Waals surface area contributed by atoms with Gasteiger partial charge in [0.15, 0.2) is 0 Å². The Morgan fingerprint density at radius 2 is 1.83 bits per heavy atom. The Hall–Kier alpha value is -1.31. The van der Waals surface area contributed by atoms with Crippen LogP contribution in [0.25, 0.3) is 0 Å². The molecule has 0 bridgehead atoms. The highest BCUT2D eigenvalue weighted by molar-refractivity contribution is 5.98. The van der Waals surface area contributed by atoms with Gasteiger partial charge in [0.05, 0.1) is 0 Å². The molecule has 2 nitrogen and oxygen atoms in total. The Kier molecular flexibility index (Phi) is 3.35. The summed E-state index contributed by atoms with van der Waals surface area (Å²) in [5.74, 6) is 1.39. The lowest BCUT2D eigenvalue weighted by Crippen LogP contribution is -2.35. The van der Waals surface area contributed by atoms with E-state index in [1.165, 1.54) is 56.2 Å². The molecule has 1 fully saturated rings. The molecule has 0 amide bonds. The SMILES string of the molecule is N=C(C1CCCC1)N1CCCCc2ccccc21. The number of fused-ring (bicyclic) bond motifs is 1. The maximum absolute atomic E-state index is 8.53. The Morgan fingerprint density at radius 3 is 2.67 bits per heavy atom. The first-order chi connectivity index (χ1) is 8.86. The number of anilines is 1. The van der Waals surface area contributed by atoms with Crippen molar-refractivity contribution in [2.75, 3.05) is 11.4 Å². The van der Waals surface area contributed by atoms with Gasteiger partial charge in [-0.1, -0.05) is 31.0 Å². The molecule has 0 unspecified atom stereocenters. The van der Waals surface area contributed by atoms with Crippen molar-refractivity contribution < 1.29 is 0 Å². The minimum absolute atomic E-state index is 0.510. The summed E-state index contributed by atoms with van der Waals surface area (Å²) in [6, 6.07) is 8.67. The van der Waals surface area contributed by atoms with Crippen LogP contribution in [0.3, 0.4) is 0 Å². The van der Waals surface area contributed by atoms with Gasteiger partial charge >= 0.3 is 0 Å². The third-order valence-electron chi connectivity index (χ3n) is 4.39. The van der Waals surface area contributed by atoms with Gasteiger partial charge in [0, 0.05) is 18.2 Å². The van der Waals surface area contributed by atoms with Crippen molar-refractivity contribution in [3.63, 3.8) is 0 Å². The summed E-state index contributed by atoms with van der Waals surface area (Å²) >= 11 is 0. The zero-order chi connectivity index (χ0) is 12.4. The normalized spacial score (nSPS) is 20.6. The quantitative estimate of drug-likeness (QED) is 0.585. The van der Waals surface area contributed by atoms with E-state index in [1.807, 2.05) is 0 Å². The standard InChI is InChI=1S/C16H22N2/c17-16(14-9-1-2-10-14)18-12-6-5-8-13-7-3-4-11-15(13)18/h3-4,7,11,14,17H,1-2,5-6,8-10,12H2. The van der Waals surface area contributed by atoms with E-state index in [2.05, 4.69) is 29.2 Å². The lowest BCUT2D eigenvalue weighted by molar-refractivity contribution is 0.691. The molecule has 3 rings (SSSR count). The molecule has 0 aromatic heterocycles. The van der Waals surface area contributed by atoms with Crippen LogP contribution in [0.2, 0.25) is 0 Å². The van der Waals surface area contributed by atoms with Crippen LogP contribution in [0, 0.1) is 11.3 Å². The van der Waals surface area contributed by atoms with Gasteiger partial charge in [-0.3, -0.25) is 5.41 Å². The number of hydrogen-bond donors (Lipinski definition) is 1. The second-order valence-electron chi connectivity index (χ2n) is 5.60. The molecule has 0 spiro atoms. The molecule has 1 saturated carbocycles. The van der Waals surface area contributed by atoms with E-state index >= 15 is 0 Å². The van der Waals surface area contributed by atoms with Crippen molar-refractivity contribution in [3.8, 4) is 0 Å². The topological polar surface area (TPSA) is 27.1 Å². The van der Waals surface area contributed by atoms with Crippen molar-refractivity contribution in [3.05, 3.63) is 29.8 Å². The summed E-state index contributed by atoms with van der Waals surface area (Å²) in [7, 11) is 0. The Labute approximate surface area is 110 Å². The summed E-state index contributed by atoms with van der Waals surface area (Å²) in [5, 5.41) is 8.53. The Bertz CT molecular complexity index is 432. The van der Waals surface area contributed by atoms with Crippen LogP contribution in [-0.4, -0.2) is 12.4 Å². The second kappa shape index (κ2) is 5.13. The molecule has 1 aromatic rings. The molecule has 96 valence electrons. The second-order valence-corrected chi connectivity index (χ2v) is 5.60. The zero-order valence-electron chi connectivity index (χ0n) is 11.0. The van der Waals surface area contributed by atoms with Crippen molar-refractivity contribution in [2.45, 2.75) is 44.9 Å². The molecule has 0 saturated heterocycles. The number of benzene rings is 1. The van der Waals surface area contributed by atoms with Crippen LogP contribution in [0.5, 0.6) is 0 Å². The minimum atomic E-state index is 0.510. The Balaban J connectivity index is 1.88. The first kappa shape index (κ1) is 11.8. The Morgan fingerprint density at radius 1 is 1.06 bits per heavy atom. The molecule has 1 aliphatic heterocycles. The van der Waals surface area contributed by atoms with Crippen molar-refractivity contribution >= 4 is 11.5 Å². The third-order valence-corrected chi connectivity index (χ3v) is 4.39. The molecule has 1 N–H and O–H groups in total. The van der Waals surface area contributed by atoms with Crippen LogP contribution < -0.4 is 4.90 Å². The van der Waals surface area contributed by atoms with E-state index in [1.54, 1.807) is 0 Å². The number of rotatable bonds is 1. The fraction of sp³-hybridized carbons (Fsp3) is 0.562. The predicted molar refractivity (Wildman–Crippen MR) is 76.4 cm³/mol. The van der Waals surface area contributed by atoms with Gasteiger partial charge < -0.3 is 4.90 Å². The highest BCUT2D eigenvalue weighted by Crippen LogP contribution is 2.32. The van der Waals surface area contributed by atoms with Gasteiger partial charge in [-0.15, -0.1) is 0 Å². The highest BCUT2D eigenvalue weighted by atomic mass is 15.2. The molecular formula is C16H22N2. The van der Waals surface area contributed by atoms with Crippen molar-refractivity contribution in [1.82, 2.24) is 0 Å². The van der Waals surface area contributed by atoms with Gasteiger partial charge in [-0.05, 0) is 43.7 Å². The van der Waals surface area contributed by atoms with Crippen LogP contribution in [0.1, 0.15) is 44.1 Å². The molecule has 1 aliphatic carbocycles. The molecule has 0 atom stereocenters. The summed E-state index contributed by atoms with van der Waals surface area (Å²) < 4.78 is 0. The average molecular weight is 242 g/mol. The molecule has 1 aromatic carbocycles. The number of hydrogen-bond acceptors (Lipinski definition) is 1. The number of amidine groups is 1. The maximum Gasteiger partial charge on any atom is 0.103 e. The van der Waals surface area contributed by atoms with Crippen LogP contribution >= 0.6 is 0 Å². The number of aryl methyl sites for hydroxylation is 1.